The summed E-state index contributed by atoms with van der Waals surface area (Å²) in [5.41, 5.74) is 1.35. The smallest absolute Gasteiger partial charge is 0.0709 e. The Labute approximate surface area is 83.9 Å². The monoisotopic (exact) mass is 204 g/mol. The molecule has 0 nitrogen and oxygen atoms in total. The van der Waals surface area contributed by atoms with E-state index in [4.69, 9.17) is 23.2 Å². The maximum atomic E-state index is 5.85. The first-order valence-electron chi connectivity index (χ1n) is 4.83. The van der Waals surface area contributed by atoms with Gasteiger partial charge in [0.05, 0.1) is 0 Å². The van der Waals surface area contributed by atoms with E-state index in [1.807, 2.05) is 0 Å². The van der Waals surface area contributed by atoms with E-state index in [1.54, 1.807) is 0 Å². The fourth-order valence-electron chi connectivity index (χ4n) is 2.77. The summed E-state index contributed by atoms with van der Waals surface area (Å²) in [4.78, 5) is 0. The molecule has 0 heterocycles. The van der Waals surface area contributed by atoms with Gasteiger partial charge in [0.2, 0.25) is 0 Å². The summed E-state index contributed by atoms with van der Waals surface area (Å²) in [6.07, 6.45) is 7.97. The van der Waals surface area contributed by atoms with E-state index in [9.17, 15) is 0 Å². The first-order chi connectivity index (χ1) is 5.79. The SMILES string of the molecule is ClC(Cl)=C1CCC2CCCCC12. The van der Waals surface area contributed by atoms with Crippen molar-refractivity contribution >= 4 is 23.2 Å². The molecule has 0 amide bonds. The lowest BCUT2D eigenvalue weighted by molar-refractivity contribution is 0.302. The van der Waals surface area contributed by atoms with Crippen LogP contribution in [0.25, 0.3) is 0 Å². The van der Waals surface area contributed by atoms with Crippen LogP contribution in [0.4, 0.5) is 0 Å². The van der Waals surface area contributed by atoms with E-state index < -0.39 is 0 Å². The van der Waals surface area contributed by atoms with Gasteiger partial charge in [-0.3, -0.25) is 0 Å². The molecule has 2 fully saturated rings. The molecule has 0 spiro atoms. The Kier molecular flexibility index (Phi) is 2.66. The average Bonchev–Trinajstić information content (AvgIpc) is 2.47. The molecular formula is C10H14Cl2. The Morgan fingerprint density at radius 1 is 1.08 bits per heavy atom. The van der Waals surface area contributed by atoms with Crippen LogP contribution in [-0.2, 0) is 0 Å². The minimum Gasteiger partial charge on any atom is -0.0709 e. The third-order valence-electron chi connectivity index (χ3n) is 3.38. The van der Waals surface area contributed by atoms with Crippen LogP contribution in [0.3, 0.4) is 0 Å². The van der Waals surface area contributed by atoms with Crippen LogP contribution in [0.15, 0.2) is 10.1 Å². The van der Waals surface area contributed by atoms with Crippen molar-refractivity contribution in [2.24, 2.45) is 11.8 Å². The summed E-state index contributed by atoms with van der Waals surface area (Å²) < 4.78 is 0.560. The van der Waals surface area contributed by atoms with Gasteiger partial charge in [0.15, 0.2) is 0 Å². The van der Waals surface area contributed by atoms with Crippen LogP contribution in [0.5, 0.6) is 0 Å². The fourth-order valence-corrected chi connectivity index (χ4v) is 3.24. The standard InChI is InChI=1S/C10H14Cl2/c11-10(12)9-6-5-7-3-1-2-4-8(7)9/h7-8H,1-6H2. The largest absolute Gasteiger partial charge is 0.106 e. The van der Waals surface area contributed by atoms with Crippen molar-refractivity contribution in [2.75, 3.05) is 0 Å². The van der Waals surface area contributed by atoms with Crippen molar-refractivity contribution in [3.8, 4) is 0 Å². The van der Waals surface area contributed by atoms with Gasteiger partial charge in [0.1, 0.15) is 4.49 Å². The second-order valence-corrected chi connectivity index (χ2v) is 4.92. The summed E-state index contributed by atoms with van der Waals surface area (Å²) in [6, 6.07) is 0. The lowest BCUT2D eigenvalue weighted by Gasteiger charge is -2.25. The average molecular weight is 205 g/mol. The molecule has 0 aromatic carbocycles. The van der Waals surface area contributed by atoms with E-state index >= 15 is 0 Å². The number of rotatable bonds is 0. The highest BCUT2D eigenvalue weighted by atomic mass is 35.5. The van der Waals surface area contributed by atoms with Gasteiger partial charge in [-0.05, 0) is 43.1 Å². The second kappa shape index (κ2) is 3.59. The van der Waals surface area contributed by atoms with Crippen LogP contribution >= 0.6 is 23.2 Å². The van der Waals surface area contributed by atoms with Gasteiger partial charge < -0.3 is 0 Å². The van der Waals surface area contributed by atoms with E-state index in [0.717, 1.165) is 18.3 Å². The van der Waals surface area contributed by atoms with Gasteiger partial charge in [-0.2, -0.15) is 0 Å². The molecule has 0 bridgehead atoms. The molecule has 2 rings (SSSR count). The van der Waals surface area contributed by atoms with Crippen molar-refractivity contribution in [2.45, 2.75) is 38.5 Å². The summed E-state index contributed by atoms with van der Waals surface area (Å²) in [7, 11) is 0. The number of fused-ring (bicyclic) bond motifs is 1. The minimum absolute atomic E-state index is 0.560. The minimum atomic E-state index is 0.560. The van der Waals surface area contributed by atoms with Gasteiger partial charge in [-0.15, -0.1) is 0 Å². The molecule has 2 aliphatic carbocycles. The molecule has 2 atom stereocenters. The van der Waals surface area contributed by atoms with Crippen LogP contribution < -0.4 is 0 Å². The maximum absolute atomic E-state index is 5.85. The quantitative estimate of drug-likeness (QED) is 0.553. The Morgan fingerprint density at radius 2 is 1.83 bits per heavy atom. The van der Waals surface area contributed by atoms with Gasteiger partial charge in [0.25, 0.3) is 0 Å². The van der Waals surface area contributed by atoms with Gasteiger partial charge >= 0.3 is 0 Å². The van der Waals surface area contributed by atoms with Gasteiger partial charge in [-0.1, -0.05) is 36.0 Å². The van der Waals surface area contributed by atoms with Crippen LogP contribution in [0, 0.1) is 11.8 Å². The van der Waals surface area contributed by atoms with E-state index in [1.165, 1.54) is 37.7 Å². The van der Waals surface area contributed by atoms with E-state index in [0.29, 0.717) is 4.49 Å². The van der Waals surface area contributed by atoms with Crippen LogP contribution in [0.1, 0.15) is 38.5 Å². The molecule has 2 aliphatic rings. The highest BCUT2D eigenvalue weighted by molar-refractivity contribution is 6.56. The summed E-state index contributed by atoms with van der Waals surface area (Å²) >= 11 is 11.7. The molecule has 0 aliphatic heterocycles. The van der Waals surface area contributed by atoms with Gasteiger partial charge in [-0.25, -0.2) is 0 Å². The first-order valence-corrected chi connectivity index (χ1v) is 5.58. The number of hydrogen-bond donors (Lipinski definition) is 0. The lowest BCUT2D eigenvalue weighted by atomic mass is 9.80. The van der Waals surface area contributed by atoms with Crippen LogP contribution in [-0.4, -0.2) is 0 Å². The molecule has 2 saturated carbocycles. The summed E-state index contributed by atoms with van der Waals surface area (Å²) in [5.74, 6) is 1.64. The topological polar surface area (TPSA) is 0 Å². The van der Waals surface area contributed by atoms with Crippen LogP contribution in [0.2, 0.25) is 0 Å². The number of allylic oxidation sites excluding steroid dienone is 1. The number of hydrogen-bond acceptors (Lipinski definition) is 0. The maximum Gasteiger partial charge on any atom is 0.106 e. The van der Waals surface area contributed by atoms with Crippen molar-refractivity contribution in [1.29, 1.82) is 0 Å². The number of halogens is 2. The zero-order valence-corrected chi connectivity index (χ0v) is 8.67. The summed E-state index contributed by atoms with van der Waals surface area (Å²) in [5, 5.41) is 0. The third-order valence-corrected chi connectivity index (χ3v) is 3.87. The van der Waals surface area contributed by atoms with Crippen molar-refractivity contribution in [1.82, 2.24) is 0 Å². The van der Waals surface area contributed by atoms with Gasteiger partial charge in [0, 0.05) is 0 Å². The molecule has 0 aromatic rings. The highest BCUT2D eigenvalue weighted by Gasteiger charge is 2.34. The normalized spacial score (nSPS) is 35.0. The molecule has 0 saturated heterocycles. The molecule has 68 valence electrons. The second-order valence-electron chi connectivity index (χ2n) is 3.98. The highest BCUT2D eigenvalue weighted by Crippen LogP contribution is 2.47. The molecule has 0 radical (unpaired) electrons. The molecule has 12 heavy (non-hydrogen) atoms. The fraction of sp³-hybridized carbons (Fsp3) is 0.800. The zero-order valence-electron chi connectivity index (χ0n) is 7.15. The molecule has 2 unspecified atom stereocenters. The van der Waals surface area contributed by atoms with E-state index in [2.05, 4.69) is 0 Å². The molecule has 2 heteroatoms. The van der Waals surface area contributed by atoms with Crippen molar-refractivity contribution < 1.29 is 0 Å². The molecule has 0 N–H and O–H groups in total. The predicted molar refractivity (Wildman–Crippen MR) is 53.4 cm³/mol. The van der Waals surface area contributed by atoms with E-state index in [-0.39, 0.29) is 0 Å². The lowest BCUT2D eigenvalue weighted by Crippen LogP contribution is -2.14. The van der Waals surface area contributed by atoms with Crippen molar-refractivity contribution in [3.63, 3.8) is 0 Å². The Bertz CT molecular complexity index is 204. The summed E-state index contributed by atoms with van der Waals surface area (Å²) in [6.45, 7) is 0. The molecular weight excluding hydrogens is 191 g/mol. The first kappa shape index (κ1) is 8.90. The zero-order chi connectivity index (χ0) is 8.55. The molecule has 0 aromatic heterocycles. The third kappa shape index (κ3) is 1.52. The predicted octanol–water partition coefficient (Wildman–Crippen LogP) is 4.28. The van der Waals surface area contributed by atoms with Crippen molar-refractivity contribution in [3.05, 3.63) is 10.1 Å². The Morgan fingerprint density at radius 3 is 2.58 bits per heavy atom. The Balaban J connectivity index is 2.16. The Hall–Kier alpha value is 0.320.